The second-order valence-corrected chi connectivity index (χ2v) is 10.5. The van der Waals surface area contributed by atoms with Gasteiger partial charge in [-0.1, -0.05) is 18.1 Å². The second-order valence-electron chi connectivity index (χ2n) is 8.61. The summed E-state index contributed by atoms with van der Waals surface area (Å²) in [7, 11) is -0.863. The Kier molecular flexibility index (Phi) is 11.3. The number of nitrogens with zero attached hydrogens (tertiary/aromatic N) is 1. The Morgan fingerprint density at radius 2 is 1.85 bits per heavy atom. The van der Waals surface area contributed by atoms with E-state index in [2.05, 4.69) is 11.2 Å². The van der Waals surface area contributed by atoms with Crippen LogP contribution in [0.25, 0.3) is 0 Å². The lowest BCUT2D eigenvalue weighted by Gasteiger charge is -2.30. The van der Waals surface area contributed by atoms with Crippen LogP contribution in [0.3, 0.4) is 0 Å². The first-order valence-corrected chi connectivity index (χ1v) is 13.8. The van der Waals surface area contributed by atoms with Crippen LogP contribution < -0.4 is 10.1 Å². The highest BCUT2D eigenvalue weighted by Crippen LogP contribution is 2.32. The van der Waals surface area contributed by atoms with Crippen LogP contribution >= 0.6 is 0 Å². The maximum atomic E-state index is 13.2. The summed E-state index contributed by atoms with van der Waals surface area (Å²) in [4.78, 5) is 12.8. The summed E-state index contributed by atoms with van der Waals surface area (Å²) in [6.45, 7) is 0.124. The largest absolute Gasteiger partial charge is 0.497 e. The van der Waals surface area contributed by atoms with Gasteiger partial charge in [-0.2, -0.15) is 4.31 Å². The van der Waals surface area contributed by atoms with Gasteiger partial charge < -0.3 is 29.4 Å². The van der Waals surface area contributed by atoms with Crippen LogP contribution in [0.5, 0.6) is 5.75 Å². The molecule has 2 aromatic carbocycles. The van der Waals surface area contributed by atoms with Gasteiger partial charge in [0.15, 0.2) is 5.76 Å². The van der Waals surface area contributed by atoms with Gasteiger partial charge in [0.25, 0.3) is 5.91 Å². The highest BCUT2D eigenvalue weighted by atomic mass is 32.2. The number of aliphatic hydroxyl groups excluding tert-OH is 1. The Morgan fingerprint density at radius 3 is 2.46 bits per heavy atom. The van der Waals surface area contributed by atoms with Crippen molar-refractivity contribution in [2.24, 2.45) is 0 Å². The smallest absolute Gasteiger partial charge is 0.286 e. The molecule has 0 aromatic heterocycles. The maximum Gasteiger partial charge on any atom is 0.286 e. The summed E-state index contributed by atoms with van der Waals surface area (Å²) >= 11 is 0. The summed E-state index contributed by atoms with van der Waals surface area (Å²) in [5, 5.41) is 12.2. The van der Waals surface area contributed by atoms with Gasteiger partial charge in [0.05, 0.1) is 31.8 Å². The van der Waals surface area contributed by atoms with Crippen molar-refractivity contribution in [3.8, 4) is 18.1 Å². The van der Waals surface area contributed by atoms with E-state index in [4.69, 9.17) is 25.4 Å². The zero-order chi connectivity index (χ0) is 28.3. The molecular weight excluding hydrogens is 524 g/mol. The highest BCUT2D eigenvalue weighted by Gasteiger charge is 2.30. The van der Waals surface area contributed by atoms with Gasteiger partial charge in [-0.05, 0) is 48.0 Å². The van der Waals surface area contributed by atoms with Gasteiger partial charge in [0.1, 0.15) is 5.75 Å². The normalized spacial score (nSPS) is 17.2. The van der Waals surface area contributed by atoms with Gasteiger partial charge in [0.2, 0.25) is 16.3 Å². The molecule has 0 saturated heterocycles. The van der Waals surface area contributed by atoms with E-state index >= 15 is 0 Å². The van der Waals surface area contributed by atoms with E-state index in [0.29, 0.717) is 25.3 Å². The van der Waals surface area contributed by atoms with Crippen LogP contribution in [0.2, 0.25) is 0 Å². The number of allylic oxidation sites excluding steroid dienone is 1. The molecule has 2 aromatic rings. The zero-order valence-electron chi connectivity index (χ0n) is 22.0. The molecule has 3 rings (SSSR count). The van der Waals surface area contributed by atoms with Crippen molar-refractivity contribution < 1.29 is 37.3 Å². The van der Waals surface area contributed by atoms with Gasteiger partial charge in [-0.3, -0.25) is 4.79 Å². The molecule has 0 saturated carbocycles. The summed E-state index contributed by atoms with van der Waals surface area (Å²) < 4.78 is 49.3. The van der Waals surface area contributed by atoms with E-state index in [1.165, 1.54) is 26.4 Å². The van der Waals surface area contributed by atoms with Crippen molar-refractivity contribution in [1.82, 2.24) is 9.62 Å². The van der Waals surface area contributed by atoms with Crippen LogP contribution in [0.4, 0.5) is 0 Å². The van der Waals surface area contributed by atoms with Crippen LogP contribution in [0.1, 0.15) is 23.5 Å². The first-order chi connectivity index (χ1) is 18.8. The Bertz CT molecular complexity index is 1250. The number of ether oxygens (including phenoxy) is 4. The van der Waals surface area contributed by atoms with Gasteiger partial charge in [-0.25, -0.2) is 8.42 Å². The second kappa shape index (κ2) is 14.7. The van der Waals surface area contributed by atoms with E-state index < -0.39 is 22.2 Å². The lowest BCUT2D eigenvalue weighted by Crippen LogP contribution is -2.38. The van der Waals surface area contributed by atoms with E-state index in [9.17, 15) is 18.3 Å². The number of carbonyl (C=O) groups is 1. The van der Waals surface area contributed by atoms with Crippen molar-refractivity contribution in [3.05, 3.63) is 71.5 Å². The maximum absolute atomic E-state index is 13.2. The van der Waals surface area contributed by atoms with Crippen LogP contribution in [0, 0.1) is 12.3 Å². The number of hydrogen-bond acceptors (Lipinski definition) is 8. The fraction of sp³-hybridized carbons (Fsp3) is 0.393. The molecular formula is C28H34N2O8S. The molecule has 1 heterocycles. The Morgan fingerprint density at radius 1 is 1.13 bits per heavy atom. The van der Waals surface area contributed by atoms with Crippen LogP contribution in [0.15, 0.2) is 65.3 Å². The summed E-state index contributed by atoms with van der Waals surface area (Å²) in [6.07, 6.45) is 6.79. The molecule has 1 aliphatic rings. The predicted molar refractivity (Wildman–Crippen MR) is 144 cm³/mol. The molecule has 0 spiro atoms. The van der Waals surface area contributed by atoms with Crippen molar-refractivity contribution in [2.75, 3.05) is 53.7 Å². The van der Waals surface area contributed by atoms with Crippen molar-refractivity contribution >= 4 is 15.9 Å². The standard InChI is InChI=1S/C28H34N2O8S/c1-4-21-5-7-22(8-6-21)23-19-26(28(32)29-13-17-35-2)38-27(20-23)37-18-15-30(14-16-31)39(33,34)25-11-9-24(36-3)10-12-25/h1,5-12,19,23,27,31H,13-18,20H2,2-3H3,(H,29,32)/t23-,27+/m1/s1. The minimum absolute atomic E-state index is 0.0264. The SMILES string of the molecule is C#Cc1ccc([C@@H]2C=C(C(=O)NCCOC)O[C@H](OCCN(CCO)S(=O)(=O)c3ccc(OC)cc3)C2)cc1. The molecule has 2 N–H and O–H groups in total. The minimum Gasteiger partial charge on any atom is -0.497 e. The molecule has 0 aliphatic carbocycles. The van der Waals surface area contributed by atoms with Crippen molar-refractivity contribution in [1.29, 1.82) is 0 Å². The third kappa shape index (κ3) is 8.29. The number of benzene rings is 2. The lowest BCUT2D eigenvalue weighted by atomic mass is 9.92. The van der Waals surface area contributed by atoms with Crippen molar-refractivity contribution in [3.63, 3.8) is 0 Å². The zero-order valence-corrected chi connectivity index (χ0v) is 22.9. The topological polar surface area (TPSA) is 124 Å². The molecule has 0 fully saturated rings. The van der Waals surface area contributed by atoms with Crippen molar-refractivity contribution in [2.45, 2.75) is 23.5 Å². The number of amides is 1. The molecule has 0 radical (unpaired) electrons. The minimum atomic E-state index is -3.90. The summed E-state index contributed by atoms with van der Waals surface area (Å²) in [6, 6.07) is 13.4. The molecule has 2 atom stereocenters. The number of nitrogens with one attached hydrogen (secondary N) is 1. The van der Waals surface area contributed by atoms with E-state index in [-0.39, 0.29) is 42.9 Å². The third-order valence-corrected chi connectivity index (χ3v) is 7.98. The predicted octanol–water partition coefficient (Wildman–Crippen LogP) is 1.85. The van der Waals surface area contributed by atoms with E-state index in [1.54, 1.807) is 18.2 Å². The first-order valence-electron chi connectivity index (χ1n) is 12.4. The Balaban J connectivity index is 1.71. The van der Waals surface area contributed by atoms with Crippen LogP contribution in [-0.2, 0) is 29.0 Å². The number of aliphatic hydroxyl groups is 1. The first kappa shape index (κ1) is 30.1. The summed E-state index contributed by atoms with van der Waals surface area (Å²) in [5.74, 6) is 2.60. The molecule has 210 valence electrons. The number of carbonyl (C=O) groups excluding carboxylic acids is 1. The average molecular weight is 559 g/mol. The Hall–Kier alpha value is -3.40. The Labute approximate surface area is 229 Å². The number of methoxy groups -OCH3 is 2. The van der Waals surface area contributed by atoms with Gasteiger partial charge in [-0.15, -0.1) is 6.42 Å². The summed E-state index contributed by atoms with van der Waals surface area (Å²) in [5.41, 5.74) is 1.67. The fourth-order valence-electron chi connectivity index (χ4n) is 3.98. The third-order valence-electron chi connectivity index (χ3n) is 6.07. The quantitative estimate of drug-likeness (QED) is 0.266. The fourth-order valence-corrected chi connectivity index (χ4v) is 5.39. The average Bonchev–Trinajstić information content (AvgIpc) is 2.96. The molecule has 0 unspecified atom stereocenters. The van der Waals surface area contributed by atoms with Gasteiger partial charge >= 0.3 is 0 Å². The number of sulfonamides is 1. The highest BCUT2D eigenvalue weighted by molar-refractivity contribution is 7.89. The molecule has 10 nitrogen and oxygen atoms in total. The molecule has 0 bridgehead atoms. The molecule has 39 heavy (non-hydrogen) atoms. The van der Waals surface area contributed by atoms with E-state index in [0.717, 1.165) is 15.4 Å². The number of rotatable bonds is 14. The molecule has 1 aliphatic heterocycles. The molecule has 11 heteroatoms. The lowest BCUT2D eigenvalue weighted by molar-refractivity contribution is -0.146. The van der Waals surface area contributed by atoms with Gasteiger partial charge in [0, 0.05) is 44.6 Å². The number of hydrogen-bond donors (Lipinski definition) is 2. The van der Waals surface area contributed by atoms with Crippen LogP contribution in [-0.4, -0.2) is 83.7 Å². The monoisotopic (exact) mass is 558 g/mol. The molecule has 1 amide bonds. The number of terminal acetylenes is 1. The van der Waals surface area contributed by atoms with E-state index in [1.807, 2.05) is 24.3 Å².